The molecule has 3 saturated heterocycles. The van der Waals surface area contributed by atoms with Gasteiger partial charge in [0, 0.05) is 77.2 Å². The highest BCUT2D eigenvalue weighted by atomic mass is 16.5. The lowest BCUT2D eigenvalue weighted by atomic mass is 9.85. The van der Waals surface area contributed by atoms with Gasteiger partial charge in [0.2, 0.25) is 17.7 Å². The van der Waals surface area contributed by atoms with E-state index in [1.165, 1.54) is 0 Å². The summed E-state index contributed by atoms with van der Waals surface area (Å²) in [4.78, 5) is 42.9. The Morgan fingerprint density at radius 3 is 2.36 bits per heavy atom. The van der Waals surface area contributed by atoms with Crippen LogP contribution in [-0.4, -0.2) is 84.9 Å². The molecule has 140 valence electrons. The summed E-state index contributed by atoms with van der Waals surface area (Å²) in [6.45, 7) is 8.34. The summed E-state index contributed by atoms with van der Waals surface area (Å²) in [6.07, 6.45) is 1.94. The van der Waals surface area contributed by atoms with Gasteiger partial charge in [-0.25, -0.2) is 0 Å². The van der Waals surface area contributed by atoms with Crippen molar-refractivity contribution < 1.29 is 19.1 Å². The number of carbonyl (C=O) groups excluding carboxylic acids is 3. The first kappa shape index (κ1) is 18.2. The first-order chi connectivity index (χ1) is 11.9. The molecule has 3 aliphatic heterocycles. The molecule has 0 aliphatic carbocycles. The van der Waals surface area contributed by atoms with Crippen LogP contribution in [0.25, 0.3) is 0 Å². The van der Waals surface area contributed by atoms with Crippen molar-refractivity contribution in [2.24, 2.45) is 11.3 Å². The van der Waals surface area contributed by atoms with Crippen LogP contribution in [0.2, 0.25) is 0 Å². The molecule has 3 fully saturated rings. The van der Waals surface area contributed by atoms with Crippen LogP contribution in [0.3, 0.4) is 0 Å². The fraction of sp³-hybridized carbons (Fsp3) is 0.833. The lowest BCUT2D eigenvalue weighted by molar-refractivity contribution is -0.139. The Balaban J connectivity index is 1.80. The fourth-order valence-electron chi connectivity index (χ4n) is 4.40. The van der Waals surface area contributed by atoms with Crippen molar-refractivity contribution in [3.63, 3.8) is 0 Å². The molecule has 25 heavy (non-hydrogen) atoms. The van der Waals surface area contributed by atoms with E-state index in [-0.39, 0.29) is 29.1 Å². The van der Waals surface area contributed by atoms with E-state index in [1.807, 2.05) is 21.6 Å². The zero-order chi connectivity index (χ0) is 18.0. The van der Waals surface area contributed by atoms with Crippen LogP contribution in [0.5, 0.6) is 0 Å². The first-order valence-corrected chi connectivity index (χ1v) is 9.34. The second-order valence-corrected chi connectivity index (χ2v) is 7.67. The molecule has 0 aromatic carbocycles. The van der Waals surface area contributed by atoms with Crippen molar-refractivity contribution in [2.45, 2.75) is 33.1 Å². The summed E-state index contributed by atoms with van der Waals surface area (Å²) in [7, 11) is 0. The molecule has 3 aliphatic rings. The third-order valence-electron chi connectivity index (χ3n) is 5.81. The van der Waals surface area contributed by atoms with Gasteiger partial charge in [0.15, 0.2) is 0 Å². The van der Waals surface area contributed by atoms with E-state index in [2.05, 4.69) is 0 Å². The molecule has 3 heterocycles. The molecule has 7 heteroatoms. The van der Waals surface area contributed by atoms with Gasteiger partial charge < -0.3 is 19.4 Å². The number of carbonyl (C=O) groups is 3. The van der Waals surface area contributed by atoms with Crippen molar-refractivity contribution in [2.75, 3.05) is 52.5 Å². The predicted molar refractivity (Wildman–Crippen MR) is 91.7 cm³/mol. The maximum absolute atomic E-state index is 13.0. The topological polar surface area (TPSA) is 70.2 Å². The average Bonchev–Trinajstić information content (AvgIpc) is 2.80. The van der Waals surface area contributed by atoms with E-state index < -0.39 is 0 Å². The highest BCUT2D eigenvalue weighted by Gasteiger charge is 2.47. The molecule has 1 atom stereocenters. The van der Waals surface area contributed by atoms with Crippen molar-refractivity contribution >= 4 is 17.7 Å². The number of hydrogen-bond acceptors (Lipinski definition) is 4. The fourth-order valence-corrected chi connectivity index (χ4v) is 4.40. The van der Waals surface area contributed by atoms with E-state index in [0.717, 1.165) is 12.8 Å². The van der Waals surface area contributed by atoms with Gasteiger partial charge in [0.1, 0.15) is 0 Å². The Labute approximate surface area is 149 Å². The Hall–Kier alpha value is -1.63. The molecule has 3 amide bonds. The van der Waals surface area contributed by atoms with Crippen LogP contribution in [0, 0.1) is 11.3 Å². The third-order valence-corrected chi connectivity index (χ3v) is 5.81. The predicted octanol–water partition coefficient (Wildman–Crippen LogP) is 0.342. The zero-order valence-corrected chi connectivity index (χ0v) is 15.3. The van der Waals surface area contributed by atoms with Gasteiger partial charge in [-0.2, -0.15) is 0 Å². The lowest BCUT2D eigenvalue weighted by Crippen LogP contribution is -2.47. The van der Waals surface area contributed by atoms with Crippen LogP contribution < -0.4 is 0 Å². The second-order valence-electron chi connectivity index (χ2n) is 7.67. The molecule has 0 N–H and O–H groups in total. The second kappa shape index (κ2) is 7.32. The molecule has 0 saturated carbocycles. The summed E-state index contributed by atoms with van der Waals surface area (Å²) < 4.78 is 5.37. The number of amides is 3. The summed E-state index contributed by atoms with van der Waals surface area (Å²) in [5, 5.41) is 0. The molecule has 0 aromatic heterocycles. The largest absolute Gasteiger partial charge is 0.381 e. The SMILES string of the molecule is CCN1CC2(CC1=O)CN(C(C)=O)CCN(C(=O)C1CCOCC1)C2. The molecular weight excluding hydrogens is 322 g/mol. The highest BCUT2D eigenvalue weighted by Crippen LogP contribution is 2.35. The van der Waals surface area contributed by atoms with E-state index >= 15 is 0 Å². The van der Waals surface area contributed by atoms with Crippen molar-refractivity contribution in [1.29, 1.82) is 0 Å². The lowest BCUT2D eigenvalue weighted by Gasteiger charge is -2.35. The van der Waals surface area contributed by atoms with Crippen LogP contribution in [-0.2, 0) is 19.1 Å². The standard InChI is InChI=1S/C18H29N3O4/c1-3-19-11-18(10-16(19)23)12-20(14(2)22)6-7-21(13-18)17(24)15-4-8-25-9-5-15/h15H,3-13H2,1-2H3. The monoisotopic (exact) mass is 351 g/mol. The summed E-state index contributed by atoms with van der Waals surface area (Å²) >= 11 is 0. The van der Waals surface area contributed by atoms with Crippen LogP contribution in [0.4, 0.5) is 0 Å². The van der Waals surface area contributed by atoms with Gasteiger partial charge in [0.05, 0.1) is 0 Å². The van der Waals surface area contributed by atoms with Gasteiger partial charge in [0.25, 0.3) is 0 Å². The number of ether oxygens (including phenoxy) is 1. The Kier molecular flexibility index (Phi) is 5.32. The molecule has 7 nitrogen and oxygen atoms in total. The summed E-state index contributed by atoms with van der Waals surface area (Å²) in [5.74, 6) is 0.318. The number of hydrogen-bond donors (Lipinski definition) is 0. The maximum atomic E-state index is 13.0. The van der Waals surface area contributed by atoms with Gasteiger partial charge in [-0.1, -0.05) is 0 Å². The van der Waals surface area contributed by atoms with Crippen LogP contribution >= 0.6 is 0 Å². The number of nitrogens with zero attached hydrogens (tertiary/aromatic N) is 3. The molecule has 1 unspecified atom stereocenters. The molecule has 0 bridgehead atoms. The van der Waals surface area contributed by atoms with Crippen molar-refractivity contribution in [1.82, 2.24) is 14.7 Å². The normalized spacial score (nSPS) is 28.6. The Morgan fingerprint density at radius 1 is 1.12 bits per heavy atom. The van der Waals surface area contributed by atoms with Gasteiger partial charge >= 0.3 is 0 Å². The molecule has 0 aromatic rings. The summed E-state index contributed by atoms with van der Waals surface area (Å²) in [5.41, 5.74) is -0.337. The van der Waals surface area contributed by atoms with Crippen LogP contribution in [0.15, 0.2) is 0 Å². The quantitative estimate of drug-likeness (QED) is 0.719. The smallest absolute Gasteiger partial charge is 0.225 e. The van der Waals surface area contributed by atoms with E-state index in [9.17, 15) is 14.4 Å². The minimum atomic E-state index is -0.337. The molecular formula is C18H29N3O4. The molecule has 0 radical (unpaired) electrons. The Bertz CT molecular complexity index is 546. The average molecular weight is 351 g/mol. The summed E-state index contributed by atoms with van der Waals surface area (Å²) in [6, 6.07) is 0. The van der Waals surface area contributed by atoms with Gasteiger partial charge in [-0.15, -0.1) is 0 Å². The third kappa shape index (κ3) is 3.81. The van der Waals surface area contributed by atoms with E-state index in [1.54, 1.807) is 6.92 Å². The minimum absolute atomic E-state index is 0.00839. The van der Waals surface area contributed by atoms with E-state index in [4.69, 9.17) is 4.74 Å². The van der Waals surface area contributed by atoms with Gasteiger partial charge in [-0.05, 0) is 19.8 Å². The first-order valence-electron chi connectivity index (χ1n) is 9.34. The van der Waals surface area contributed by atoms with E-state index in [0.29, 0.717) is 58.9 Å². The number of rotatable bonds is 2. The highest BCUT2D eigenvalue weighted by molar-refractivity contribution is 5.82. The maximum Gasteiger partial charge on any atom is 0.225 e. The van der Waals surface area contributed by atoms with Crippen LogP contribution in [0.1, 0.15) is 33.1 Å². The molecule has 3 rings (SSSR count). The Morgan fingerprint density at radius 2 is 1.76 bits per heavy atom. The number of likely N-dealkylation sites (tertiary alicyclic amines) is 1. The van der Waals surface area contributed by atoms with Crippen molar-refractivity contribution in [3.8, 4) is 0 Å². The molecule has 1 spiro atoms. The van der Waals surface area contributed by atoms with Crippen molar-refractivity contribution in [3.05, 3.63) is 0 Å². The minimum Gasteiger partial charge on any atom is -0.381 e. The van der Waals surface area contributed by atoms with Gasteiger partial charge in [-0.3, -0.25) is 14.4 Å². The zero-order valence-electron chi connectivity index (χ0n) is 15.3.